The molecule has 2 aromatic rings. The van der Waals surface area contributed by atoms with Crippen LogP contribution in [0.3, 0.4) is 0 Å². The highest BCUT2D eigenvalue weighted by molar-refractivity contribution is 6.31. The molecule has 2 aliphatic rings. The SMILES string of the molecule is Cc1ccc(N2CC(C(=O)N3CCC(C(=O)Nc4cccc(Cl)c4C)CC3)CC2=O)cc1. The molecule has 6 nitrogen and oxygen atoms in total. The van der Waals surface area contributed by atoms with Crippen LogP contribution in [0.4, 0.5) is 11.4 Å². The number of nitrogens with zero attached hydrogens (tertiary/aromatic N) is 2. The zero-order valence-electron chi connectivity index (χ0n) is 18.4. The molecule has 1 N–H and O–H groups in total. The summed E-state index contributed by atoms with van der Waals surface area (Å²) in [5.41, 5.74) is 3.54. The second-order valence-corrected chi connectivity index (χ2v) is 9.15. The Morgan fingerprint density at radius 3 is 2.38 bits per heavy atom. The molecule has 0 radical (unpaired) electrons. The fourth-order valence-corrected chi connectivity index (χ4v) is 4.62. The number of hydrogen-bond donors (Lipinski definition) is 1. The van der Waals surface area contributed by atoms with E-state index in [1.807, 2.05) is 55.1 Å². The van der Waals surface area contributed by atoms with Gasteiger partial charge in [-0.25, -0.2) is 0 Å². The number of rotatable bonds is 4. The normalized spacial score (nSPS) is 19.3. The van der Waals surface area contributed by atoms with E-state index in [1.165, 1.54) is 0 Å². The van der Waals surface area contributed by atoms with Crippen molar-refractivity contribution >= 4 is 40.7 Å². The van der Waals surface area contributed by atoms with Crippen molar-refractivity contribution < 1.29 is 14.4 Å². The molecule has 3 amide bonds. The number of anilines is 2. The van der Waals surface area contributed by atoms with E-state index in [9.17, 15) is 14.4 Å². The maximum atomic E-state index is 13.1. The van der Waals surface area contributed by atoms with Gasteiger partial charge in [0.25, 0.3) is 0 Å². The first kappa shape index (κ1) is 22.3. The molecule has 2 saturated heterocycles. The third-order valence-electron chi connectivity index (χ3n) is 6.52. The number of carbonyl (C=O) groups excluding carboxylic acids is 3. The van der Waals surface area contributed by atoms with Crippen LogP contribution in [-0.2, 0) is 14.4 Å². The molecule has 2 aromatic carbocycles. The van der Waals surface area contributed by atoms with E-state index in [1.54, 1.807) is 11.0 Å². The Morgan fingerprint density at radius 1 is 1.00 bits per heavy atom. The lowest BCUT2D eigenvalue weighted by atomic mass is 9.94. The molecule has 1 atom stereocenters. The topological polar surface area (TPSA) is 69.7 Å². The van der Waals surface area contributed by atoms with Crippen molar-refractivity contribution in [2.45, 2.75) is 33.1 Å². The summed E-state index contributed by atoms with van der Waals surface area (Å²) >= 11 is 6.14. The fourth-order valence-electron chi connectivity index (χ4n) is 4.45. The second-order valence-electron chi connectivity index (χ2n) is 8.74. The van der Waals surface area contributed by atoms with Crippen molar-refractivity contribution in [2.75, 3.05) is 29.9 Å². The van der Waals surface area contributed by atoms with E-state index in [0.29, 0.717) is 37.5 Å². The van der Waals surface area contributed by atoms with Gasteiger partial charge in [-0.2, -0.15) is 0 Å². The van der Waals surface area contributed by atoms with Crippen LogP contribution < -0.4 is 10.2 Å². The van der Waals surface area contributed by atoms with Crippen LogP contribution in [0, 0.1) is 25.7 Å². The fraction of sp³-hybridized carbons (Fsp3) is 0.400. The van der Waals surface area contributed by atoms with Crippen LogP contribution in [-0.4, -0.2) is 42.3 Å². The third-order valence-corrected chi connectivity index (χ3v) is 6.93. The maximum absolute atomic E-state index is 13.1. The van der Waals surface area contributed by atoms with Gasteiger partial charge in [-0.05, 0) is 56.5 Å². The van der Waals surface area contributed by atoms with Gasteiger partial charge in [-0.1, -0.05) is 35.4 Å². The molecule has 2 heterocycles. The number of amides is 3. The van der Waals surface area contributed by atoms with Crippen LogP contribution in [0.25, 0.3) is 0 Å². The molecule has 2 aliphatic heterocycles. The molecular weight excluding hydrogens is 426 g/mol. The third kappa shape index (κ3) is 4.65. The zero-order valence-corrected chi connectivity index (χ0v) is 19.2. The van der Waals surface area contributed by atoms with Crippen LogP contribution in [0.1, 0.15) is 30.4 Å². The Bertz CT molecular complexity index is 1030. The Balaban J connectivity index is 1.31. The number of halogens is 1. The number of likely N-dealkylation sites (tertiary alicyclic amines) is 1. The van der Waals surface area contributed by atoms with Gasteiger partial charge in [0.2, 0.25) is 17.7 Å². The standard InChI is InChI=1S/C25H28ClN3O3/c1-16-6-8-20(9-7-16)29-15-19(14-23(29)30)25(32)28-12-10-18(11-13-28)24(31)27-22-5-3-4-21(26)17(22)2/h3-9,18-19H,10-15H2,1-2H3,(H,27,31). The average Bonchev–Trinajstić information content (AvgIpc) is 3.18. The van der Waals surface area contributed by atoms with Crippen molar-refractivity contribution in [3.05, 3.63) is 58.6 Å². The van der Waals surface area contributed by atoms with Gasteiger partial charge in [0.05, 0.1) is 5.92 Å². The highest BCUT2D eigenvalue weighted by atomic mass is 35.5. The number of piperidine rings is 1. The summed E-state index contributed by atoms with van der Waals surface area (Å²) < 4.78 is 0. The molecule has 0 bridgehead atoms. The molecule has 4 rings (SSSR count). The van der Waals surface area contributed by atoms with Crippen molar-refractivity contribution in [1.82, 2.24) is 4.90 Å². The number of benzene rings is 2. The summed E-state index contributed by atoms with van der Waals surface area (Å²) in [4.78, 5) is 41.8. The van der Waals surface area contributed by atoms with E-state index < -0.39 is 0 Å². The highest BCUT2D eigenvalue weighted by Crippen LogP contribution is 2.29. The maximum Gasteiger partial charge on any atom is 0.228 e. The lowest BCUT2D eigenvalue weighted by Gasteiger charge is -2.33. The number of carbonyl (C=O) groups is 3. The minimum Gasteiger partial charge on any atom is -0.342 e. The van der Waals surface area contributed by atoms with Crippen molar-refractivity contribution in [2.24, 2.45) is 11.8 Å². The van der Waals surface area contributed by atoms with Gasteiger partial charge in [0, 0.05) is 48.4 Å². The van der Waals surface area contributed by atoms with E-state index in [-0.39, 0.29) is 36.0 Å². The lowest BCUT2D eigenvalue weighted by Crippen LogP contribution is -2.44. The molecular formula is C25H28ClN3O3. The van der Waals surface area contributed by atoms with Crippen molar-refractivity contribution in [3.63, 3.8) is 0 Å². The van der Waals surface area contributed by atoms with Crippen LogP contribution in [0.5, 0.6) is 0 Å². The predicted octanol–water partition coefficient (Wildman–Crippen LogP) is 4.19. The van der Waals surface area contributed by atoms with Crippen LogP contribution in [0.2, 0.25) is 5.02 Å². The molecule has 32 heavy (non-hydrogen) atoms. The summed E-state index contributed by atoms with van der Waals surface area (Å²) in [6, 6.07) is 13.2. The van der Waals surface area contributed by atoms with Gasteiger partial charge >= 0.3 is 0 Å². The molecule has 2 fully saturated rings. The first-order valence-electron chi connectivity index (χ1n) is 11.1. The quantitative estimate of drug-likeness (QED) is 0.754. The molecule has 0 aliphatic carbocycles. The number of nitrogens with one attached hydrogen (secondary N) is 1. The highest BCUT2D eigenvalue weighted by Gasteiger charge is 2.38. The van der Waals surface area contributed by atoms with Gasteiger partial charge in [-0.3, -0.25) is 14.4 Å². The average molecular weight is 454 g/mol. The Labute approximate surface area is 193 Å². The summed E-state index contributed by atoms with van der Waals surface area (Å²) in [6.07, 6.45) is 1.46. The molecule has 0 saturated carbocycles. The van der Waals surface area contributed by atoms with E-state index in [2.05, 4.69) is 5.32 Å². The summed E-state index contributed by atoms with van der Waals surface area (Å²) in [6.45, 7) is 5.35. The molecule has 0 spiro atoms. The summed E-state index contributed by atoms with van der Waals surface area (Å²) in [5.74, 6) is -0.519. The second kappa shape index (κ2) is 9.33. The summed E-state index contributed by atoms with van der Waals surface area (Å²) in [7, 11) is 0. The van der Waals surface area contributed by atoms with Crippen LogP contribution in [0.15, 0.2) is 42.5 Å². The van der Waals surface area contributed by atoms with Gasteiger partial charge in [0.1, 0.15) is 0 Å². The zero-order chi connectivity index (χ0) is 22.8. The smallest absolute Gasteiger partial charge is 0.228 e. The Morgan fingerprint density at radius 2 is 1.69 bits per heavy atom. The minimum absolute atomic E-state index is 0.0116. The summed E-state index contributed by atoms with van der Waals surface area (Å²) in [5, 5.41) is 3.59. The lowest BCUT2D eigenvalue weighted by molar-refractivity contribution is -0.138. The van der Waals surface area contributed by atoms with Crippen molar-refractivity contribution in [1.29, 1.82) is 0 Å². The molecule has 1 unspecified atom stereocenters. The number of hydrogen-bond acceptors (Lipinski definition) is 3. The van der Waals surface area contributed by atoms with Crippen molar-refractivity contribution in [3.8, 4) is 0 Å². The molecule has 168 valence electrons. The van der Waals surface area contributed by atoms with E-state index in [4.69, 9.17) is 11.6 Å². The minimum atomic E-state index is -0.330. The molecule has 0 aromatic heterocycles. The van der Waals surface area contributed by atoms with Gasteiger partial charge < -0.3 is 15.1 Å². The van der Waals surface area contributed by atoms with E-state index in [0.717, 1.165) is 22.5 Å². The predicted molar refractivity (Wildman–Crippen MR) is 126 cm³/mol. The first-order valence-corrected chi connectivity index (χ1v) is 11.4. The van der Waals surface area contributed by atoms with Gasteiger partial charge in [0.15, 0.2) is 0 Å². The van der Waals surface area contributed by atoms with Gasteiger partial charge in [-0.15, -0.1) is 0 Å². The largest absolute Gasteiger partial charge is 0.342 e. The monoisotopic (exact) mass is 453 g/mol. The number of aryl methyl sites for hydroxylation is 1. The van der Waals surface area contributed by atoms with Crippen LogP contribution >= 0.6 is 11.6 Å². The first-order chi connectivity index (χ1) is 15.3. The Kier molecular flexibility index (Phi) is 6.51. The Hall–Kier alpha value is -2.86. The molecule has 7 heteroatoms. The van der Waals surface area contributed by atoms with E-state index >= 15 is 0 Å².